The standard InChI is InChI=1S/C58H48N2O2.2C2H6/c1-35(2)47-33-51(59(37-17-7-5-8-18-37)49-25-15-23-43-39-21-11-13-27-53(39)61-57(43)49)45-32-30-42-48(36(3)4)34-52(46-31-29-41(47)55(45)56(42)46)60(38-19-9-6-10-20-38)50-26-16-24-44-40-22-12-14-28-54(40)62-58(44)50;2*1-2/h5-12,15-26,29-36H,13-14,27-28H2,1-4H3;2*1-2H3. The molecule has 0 saturated carbocycles. The van der Waals surface area contributed by atoms with Crippen LogP contribution in [0, 0.1) is 0 Å². The maximum absolute atomic E-state index is 6.86. The molecule has 4 heteroatoms. The normalized spacial score (nSPS) is 13.1. The Hall–Kier alpha value is -7.04. The van der Waals surface area contributed by atoms with Gasteiger partial charge < -0.3 is 18.6 Å². The average molecular weight is 865 g/mol. The fraction of sp³-hybridized carbons (Fsp3) is 0.226. The van der Waals surface area contributed by atoms with Crippen molar-refractivity contribution in [3.8, 4) is 0 Å². The Morgan fingerprint density at radius 1 is 0.409 bits per heavy atom. The van der Waals surface area contributed by atoms with E-state index in [-0.39, 0.29) is 11.8 Å². The summed E-state index contributed by atoms with van der Waals surface area (Å²) >= 11 is 0. The van der Waals surface area contributed by atoms with E-state index >= 15 is 0 Å². The number of allylic oxidation sites excluding steroid dienone is 2. The van der Waals surface area contributed by atoms with Gasteiger partial charge in [-0.1, -0.05) is 165 Å². The predicted octanol–water partition coefficient (Wildman–Crippen LogP) is 19.2. The lowest BCUT2D eigenvalue weighted by Crippen LogP contribution is -2.13. The highest BCUT2D eigenvalue weighted by Crippen LogP contribution is 2.53. The Labute approximate surface area is 389 Å². The number of nitrogens with zero attached hydrogens (tertiary/aromatic N) is 2. The van der Waals surface area contributed by atoms with Crippen LogP contribution in [-0.4, -0.2) is 0 Å². The minimum Gasteiger partial charge on any atom is -0.458 e. The number of furan rings is 2. The van der Waals surface area contributed by atoms with Crippen LogP contribution in [0.1, 0.15) is 114 Å². The van der Waals surface area contributed by atoms with Crippen molar-refractivity contribution in [2.24, 2.45) is 0 Å². The summed E-state index contributed by atoms with van der Waals surface area (Å²) < 4.78 is 13.7. The second-order valence-corrected chi connectivity index (χ2v) is 17.8. The molecule has 2 aliphatic carbocycles. The smallest absolute Gasteiger partial charge is 0.158 e. The number of rotatable bonds is 8. The monoisotopic (exact) mass is 864 g/mol. The van der Waals surface area contributed by atoms with Crippen molar-refractivity contribution < 1.29 is 8.83 Å². The van der Waals surface area contributed by atoms with E-state index in [1.165, 1.54) is 54.6 Å². The van der Waals surface area contributed by atoms with Gasteiger partial charge in [-0.05, 0) is 106 Å². The van der Waals surface area contributed by atoms with Crippen LogP contribution in [-0.2, 0) is 12.8 Å². The van der Waals surface area contributed by atoms with Gasteiger partial charge in [-0.2, -0.15) is 0 Å². The van der Waals surface area contributed by atoms with Crippen molar-refractivity contribution in [3.05, 3.63) is 179 Å². The first-order valence-electron chi connectivity index (χ1n) is 24.3. The topological polar surface area (TPSA) is 32.8 Å². The molecule has 2 aromatic heterocycles. The highest BCUT2D eigenvalue weighted by molar-refractivity contribution is 6.30. The summed E-state index contributed by atoms with van der Waals surface area (Å²) in [5.41, 5.74) is 13.5. The third kappa shape index (κ3) is 6.88. The van der Waals surface area contributed by atoms with Crippen molar-refractivity contribution in [3.63, 3.8) is 0 Å². The zero-order valence-corrected chi connectivity index (χ0v) is 39.7. The molecule has 0 spiro atoms. The molecule has 4 nitrogen and oxygen atoms in total. The lowest BCUT2D eigenvalue weighted by atomic mass is 9.84. The average Bonchev–Trinajstić information content (AvgIpc) is 3.95. The summed E-state index contributed by atoms with van der Waals surface area (Å²) in [6, 6.07) is 49.4. The molecule has 0 saturated heterocycles. The fourth-order valence-electron chi connectivity index (χ4n) is 10.6. The minimum atomic E-state index is 0.272. The lowest BCUT2D eigenvalue weighted by molar-refractivity contribution is 0.546. The van der Waals surface area contributed by atoms with Crippen LogP contribution in [0.15, 0.2) is 154 Å². The Bertz CT molecular complexity index is 3190. The Morgan fingerprint density at radius 2 is 0.803 bits per heavy atom. The molecule has 0 amide bonds. The van der Waals surface area contributed by atoms with Gasteiger partial charge in [0.05, 0.1) is 22.7 Å². The van der Waals surface area contributed by atoms with Gasteiger partial charge in [-0.15, -0.1) is 0 Å². The van der Waals surface area contributed by atoms with Crippen LogP contribution in [0.25, 0.3) is 66.4 Å². The van der Waals surface area contributed by atoms with Crippen LogP contribution < -0.4 is 9.80 Å². The van der Waals surface area contributed by atoms with E-state index in [9.17, 15) is 0 Å². The third-order valence-corrected chi connectivity index (χ3v) is 13.4. The number of para-hydroxylation sites is 4. The zero-order chi connectivity index (χ0) is 45.6. The van der Waals surface area contributed by atoms with Gasteiger partial charge in [0.1, 0.15) is 11.5 Å². The Kier molecular flexibility index (Phi) is 11.5. The number of benzene rings is 8. The number of fused-ring (bicyclic) bond motifs is 6. The van der Waals surface area contributed by atoms with E-state index in [1.54, 1.807) is 0 Å². The van der Waals surface area contributed by atoms with Crippen molar-refractivity contribution in [2.75, 3.05) is 9.80 Å². The largest absolute Gasteiger partial charge is 0.458 e. The van der Waals surface area contributed by atoms with Gasteiger partial charge in [0.15, 0.2) is 11.2 Å². The Morgan fingerprint density at radius 3 is 1.20 bits per heavy atom. The first kappa shape index (κ1) is 42.9. The lowest BCUT2D eigenvalue weighted by Gasteiger charge is -2.31. The van der Waals surface area contributed by atoms with E-state index in [1.807, 2.05) is 27.7 Å². The second-order valence-electron chi connectivity index (χ2n) is 17.8. The summed E-state index contributed by atoms with van der Waals surface area (Å²) in [5, 5.41) is 9.93. The van der Waals surface area contributed by atoms with E-state index in [4.69, 9.17) is 8.83 Å². The summed E-state index contributed by atoms with van der Waals surface area (Å²) in [7, 11) is 0. The first-order valence-corrected chi connectivity index (χ1v) is 24.3. The van der Waals surface area contributed by atoms with Crippen LogP contribution in [0.4, 0.5) is 34.1 Å². The molecule has 330 valence electrons. The molecule has 2 heterocycles. The molecule has 0 unspecified atom stereocenters. The van der Waals surface area contributed by atoms with Crippen LogP contribution in [0.2, 0.25) is 0 Å². The molecule has 0 N–H and O–H groups in total. The highest BCUT2D eigenvalue weighted by Gasteiger charge is 2.29. The van der Waals surface area contributed by atoms with Crippen LogP contribution >= 0.6 is 0 Å². The molecule has 0 aliphatic heterocycles. The zero-order valence-electron chi connectivity index (χ0n) is 39.7. The number of anilines is 6. The van der Waals surface area contributed by atoms with Gasteiger partial charge >= 0.3 is 0 Å². The molecular formula is C62H60N2O2. The number of aryl methyl sites for hydroxylation is 2. The highest BCUT2D eigenvalue weighted by atomic mass is 16.3. The summed E-state index contributed by atoms with van der Waals surface area (Å²) in [6.07, 6.45) is 12.8. The van der Waals surface area contributed by atoms with Crippen LogP contribution in [0.3, 0.4) is 0 Å². The van der Waals surface area contributed by atoms with Crippen molar-refractivity contribution in [1.29, 1.82) is 0 Å². The molecule has 0 fully saturated rings. The van der Waals surface area contributed by atoms with Crippen molar-refractivity contribution in [1.82, 2.24) is 0 Å². The van der Waals surface area contributed by atoms with Crippen molar-refractivity contribution >= 4 is 101 Å². The first-order chi connectivity index (χ1) is 32.4. The molecular weight excluding hydrogens is 805 g/mol. The molecule has 0 atom stereocenters. The fourth-order valence-corrected chi connectivity index (χ4v) is 10.6. The summed E-state index contributed by atoms with van der Waals surface area (Å²) in [5.74, 6) is 2.68. The maximum atomic E-state index is 6.86. The van der Waals surface area contributed by atoms with E-state index in [0.717, 1.165) is 93.3 Å². The Balaban J connectivity index is 0.00000125. The molecule has 10 aromatic rings. The number of hydrogen-bond acceptors (Lipinski definition) is 4. The third-order valence-electron chi connectivity index (χ3n) is 13.4. The van der Waals surface area contributed by atoms with E-state index in [0.29, 0.717) is 0 Å². The van der Waals surface area contributed by atoms with Crippen molar-refractivity contribution in [2.45, 2.75) is 92.9 Å². The van der Waals surface area contributed by atoms with E-state index in [2.05, 4.69) is 195 Å². The minimum absolute atomic E-state index is 0.272. The predicted molar refractivity (Wildman–Crippen MR) is 285 cm³/mol. The molecule has 0 bridgehead atoms. The SMILES string of the molecule is CC.CC.CC(C)c1cc(N(c2ccccc2)c2cccc3c4c(oc23)CCC=C4)c2ccc3c(C(C)C)cc(N(c4ccccc4)c4cccc5c6c(oc45)CCC=C6)c4ccc1c2c34. The summed E-state index contributed by atoms with van der Waals surface area (Å²) in [6.45, 7) is 17.3. The molecule has 8 aromatic carbocycles. The van der Waals surface area contributed by atoms with Gasteiger partial charge in [-0.25, -0.2) is 0 Å². The van der Waals surface area contributed by atoms with E-state index < -0.39 is 0 Å². The summed E-state index contributed by atoms with van der Waals surface area (Å²) in [4.78, 5) is 4.90. The number of hydrogen-bond donors (Lipinski definition) is 0. The molecule has 2 aliphatic rings. The van der Waals surface area contributed by atoms with Gasteiger partial charge in [-0.3, -0.25) is 0 Å². The molecule has 12 rings (SSSR count). The van der Waals surface area contributed by atoms with Crippen LogP contribution in [0.5, 0.6) is 0 Å². The second kappa shape index (κ2) is 17.7. The quantitative estimate of drug-likeness (QED) is 0.143. The molecule has 0 radical (unpaired) electrons. The molecule has 66 heavy (non-hydrogen) atoms. The van der Waals surface area contributed by atoms with Gasteiger partial charge in [0, 0.05) is 56.9 Å². The van der Waals surface area contributed by atoms with Gasteiger partial charge in [0.25, 0.3) is 0 Å². The van der Waals surface area contributed by atoms with Gasteiger partial charge in [0.2, 0.25) is 0 Å². The maximum Gasteiger partial charge on any atom is 0.158 e.